The van der Waals surface area contributed by atoms with Crippen LogP contribution in [0.4, 0.5) is 4.39 Å². The molecule has 0 fully saturated rings. The number of ether oxygens (including phenoxy) is 2. The molecule has 0 saturated heterocycles. The molecule has 1 unspecified atom stereocenters. The van der Waals surface area contributed by atoms with E-state index in [0.29, 0.717) is 19.1 Å². The summed E-state index contributed by atoms with van der Waals surface area (Å²) < 4.78 is 23.9. The van der Waals surface area contributed by atoms with Crippen molar-refractivity contribution in [1.29, 1.82) is 0 Å². The summed E-state index contributed by atoms with van der Waals surface area (Å²) in [4.78, 5) is 22.2. The maximum atomic E-state index is 13.7. The van der Waals surface area contributed by atoms with E-state index in [1.807, 2.05) is 6.92 Å². The van der Waals surface area contributed by atoms with Crippen molar-refractivity contribution in [3.63, 3.8) is 0 Å². The third kappa shape index (κ3) is 4.35. The fourth-order valence-electron chi connectivity index (χ4n) is 1.56. The van der Waals surface area contributed by atoms with E-state index in [4.69, 9.17) is 9.47 Å². The van der Waals surface area contributed by atoms with E-state index in [1.54, 1.807) is 6.92 Å². The summed E-state index contributed by atoms with van der Waals surface area (Å²) in [5.74, 6) is -1.24. The van der Waals surface area contributed by atoms with Gasteiger partial charge in [0.15, 0.2) is 17.7 Å². The molecule has 0 amide bonds. The van der Waals surface area contributed by atoms with Crippen LogP contribution >= 0.6 is 0 Å². The first-order valence-electron chi connectivity index (χ1n) is 6.20. The first-order valence-corrected chi connectivity index (χ1v) is 6.20. The third-order valence-electron chi connectivity index (χ3n) is 2.46. The van der Waals surface area contributed by atoms with Gasteiger partial charge in [-0.1, -0.05) is 13.3 Å². The van der Waals surface area contributed by atoms with Gasteiger partial charge in [0.2, 0.25) is 0 Å². The van der Waals surface area contributed by atoms with Gasteiger partial charge in [-0.2, -0.15) is 0 Å². The van der Waals surface area contributed by atoms with Gasteiger partial charge in [0.05, 0.1) is 6.61 Å². The number of rotatable bonds is 7. The second-order valence-corrected chi connectivity index (χ2v) is 3.95. The van der Waals surface area contributed by atoms with Crippen molar-refractivity contribution in [3.05, 3.63) is 29.6 Å². The molecule has 1 atom stereocenters. The molecule has 1 aromatic rings. The fraction of sp³-hybridized carbons (Fsp3) is 0.429. The topological polar surface area (TPSA) is 52.6 Å². The summed E-state index contributed by atoms with van der Waals surface area (Å²) >= 11 is 0. The Kier molecular flexibility index (Phi) is 5.99. The van der Waals surface area contributed by atoms with E-state index in [-0.39, 0.29) is 17.9 Å². The highest BCUT2D eigenvalue weighted by molar-refractivity contribution is 5.76. The molecular formula is C14H17FO4. The molecule has 0 aliphatic heterocycles. The van der Waals surface area contributed by atoms with Gasteiger partial charge in [0, 0.05) is 5.56 Å². The molecule has 19 heavy (non-hydrogen) atoms. The van der Waals surface area contributed by atoms with Crippen LogP contribution < -0.4 is 4.74 Å². The van der Waals surface area contributed by atoms with Gasteiger partial charge in [-0.15, -0.1) is 0 Å². The summed E-state index contributed by atoms with van der Waals surface area (Å²) in [5.41, 5.74) is 0.216. The molecule has 5 heteroatoms. The number of carbonyl (C=O) groups excluding carboxylic acids is 2. The Morgan fingerprint density at radius 3 is 2.68 bits per heavy atom. The normalized spacial score (nSPS) is 11.7. The predicted molar refractivity (Wildman–Crippen MR) is 67.7 cm³/mol. The SMILES string of the molecule is CCCC(Oc1ccc(C=O)cc1F)C(=O)OCC. The quantitative estimate of drug-likeness (QED) is 0.563. The molecule has 0 saturated carbocycles. The molecule has 0 radical (unpaired) electrons. The molecule has 0 aromatic heterocycles. The summed E-state index contributed by atoms with van der Waals surface area (Å²) in [6.07, 6.45) is 0.856. The van der Waals surface area contributed by atoms with Crippen molar-refractivity contribution in [2.75, 3.05) is 6.61 Å². The van der Waals surface area contributed by atoms with Gasteiger partial charge in [0.25, 0.3) is 0 Å². The number of carbonyl (C=O) groups is 2. The molecule has 0 N–H and O–H groups in total. The molecule has 0 heterocycles. The van der Waals surface area contributed by atoms with Crippen LogP contribution in [0.2, 0.25) is 0 Å². The molecule has 0 bridgehead atoms. The molecule has 1 rings (SSSR count). The number of hydrogen-bond acceptors (Lipinski definition) is 4. The lowest BCUT2D eigenvalue weighted by molar-refractivity contribution is -0.151. The molecule has 0 aliphatic rings. The van der Waals surface area contributed by atoms with Crippen LogP contribution in [0.1, 0.15) is 37.0 Å². The zero-order valence-electron chi connectivity index (χ0n) is 11.0. The summed E-state index contributed by atoms with van der Waals surface area (Å²) in [6.45, 7) is 3.83. The van der Waals surface area contributed by atoms with Crippen molar-refractivity contribution in [1.82, 2.24) is 0 Å². The van der Waals surface area contributed by atoms with Crippen LogP contribution in [0.5, 0.6) is 5.75 Å². The number of halogens is 1. The van der Waals surface area contributed by atoms with Crippen molar-refractivity contribution in [2.45, 2.75) is 32.8 Å². The highest BCUT2D eigenvalue weighted by atomic mass is 19.1. The van der Waals surface area contributed by atoms with Gasteiger partial charge in [-0.05, 0) is 31.5 Å². The zero-order chi connectivity index (χ0) is 14.3. The Balaban J connectivity index is 2.83. The van der Waals surface area contributed by atoms with Crippen LogP contribution in [0.15, 0.2) is 18.2 Å². The van der Waals surface area contributed by atoms with Crippen molar-refractivity contribution < 1.29 is 23.5 Å². The van der Waals surface area contributed by atoms with E-state index >= 15 is 0 Å². The smallest absolute Gasteiger partial charge is 0.347 e. The van der Waals surface area contributed by atoms with E-state index in [0.717, 1.165) is 6.07 Å². The number of esters is 1. The lowest BCUT2D eigenvalue weighted by Crippen LogP contribution is -2.29. The predicted octanol–water partition coefficient (Wildman–Crippen LogP) is 2.75. The Morgan fingerprint density at radius 1 is 1.42 bits per heavy atom. The third-order valence-corrected chi connectivity index (χ3v) is 2.46. The van der Waals surface area contributed by atoms with Crippen molar-refractivity contribution >= 4 is 12.3 Å². The van der Waals surface area contributed by atoms with Crippen molar-refractivity contribution in [2.24, 2.45) is 0 Å². The van der Waals surface area contributed by atoms with Crippen LogP contribution in [-0.2, 0) is 9.53 Å². The minimum absolute atomic E-state index is 0.0582. The zero-order valence-corrected chi connectivity index (χ0v) is 11.0. The van der Waals surface area contributed by atoms with Gasteiger partial charge in [-0.3, -0.25) is 4.79 Å². The van der Waals surface area contributed by atoms with E-state index in [9.17, 15) is 14.0 Å². The van der Waals surface area contributed by atoms with E-state index in [1.165, 1.54) is 12.1 Å². The average Bonchev–Trinajstić information content (AvgIpc) is 2.40. The van der Waals surface area contributed by atoms with Crippen LogP contribution in [0.25, 0.3) is 0 Å². The fourth-order valence-corrected chi connectivity index (χ4v) is 1.56. The van der Waals surface area contributed by atoms with Crippen LogP contribution in [0.3, 0.4) is 0 Å². The largest absolute Gasteiger partial charge is 0.476 e. The maximum Gasteiger partial charge on any atom is 0.347 e. The lowest BCUT2D eigenvalue weighted by atomic mass is 10.2. The lowest BCUT2D eigenvalue weighted by Gasteiger charge is -2.17. The number of benzene rings is 1. The Bertz CT molecular complexity index is 445. The average molecular weight is 268 g/mol. The molecule has 1 aromatic carbocycles. The summed E-state index contributed by atoms with van der Waals surface area (Å²) in [5, 5.41) is 0. The van der Waals surface area contributed by atoms with Gasteiger partial charge in [-0.25, -0.2) is 9.18 Å². The molecule has 0 aliphatic carbocycles. The van der Waals surface area contributed by atoms with Gasteiger partial charge >= 0.3 is 5.97 Å². The molecule has 0 spiro atoms. The number of hydrogen-bond donors (Lipinski definition) is 0. The molecule has 104 valence electrons. The Morgan fingerprint density at radius 2 is 2.16 bits per heavy atom. The summed E-state index contributed by atoms with van der Waals surface area (Å²) in [7, 11) is 0. The monoisotopic (exact) mass is 268 g/mol. The minimum Gasteiger partial charge on any atom is -0.476 e. The minimum atomic E-state index is -0.832. The maximum absolute atomic E-state index is 13.7. The Hall–Kier alpha value is -1.91. The van der Waals surface area contributed by atoms with Crippen LogP contribution in [-0.4, -0.2) is 25.0 Å². The standard InChI is InChI=1S/C14H17FO4/c1-3-5-13(14(17)18-4-2)19-12-7-6-10(9-16)8-11(12)15/h6-9,13H,3-5H2,1-2H3. The van der Waals surface area contributed by atoms with Gasteiger partial charge < -0.3 is 9.47 Å². The van der Waals surface area contributed by atoms with Gasteiger partial charge in [0.1, 0.15) is 6.29 Å². The van der Waals surface area contributed by atoms with Crippen LogP contribution in [0, 0.1) is 5.82 Å². The van der Waals surface area contributed by atoms with E-state index in [2.05, 4.69) is 0 Å². The second kappa shape index (κ2) is 7.51. The first kappa shape index (κ1) is 15.1. The number of aldehydes is 1. The summed E-state index contributed by atoms with van der Waals surface area (Å²) in [6, 6.07) is 3.83. The van der Waals surface area contributed by atoms with Crippen molar-refractivity contribution in [3.8, 4) is 5.75 Å². The highest BCUT2D eigenvalue weighted by Gasteiger charge is 2.22. The highest BCUT2D eigenvalue weighted by Crippen LogP contribution is 2.20. The molecule has 4 nitrogen and oxygen atoms in total. The Labute approximate surface area is 111 Å². The first-order chi connectivity index (χ1) is 9.12. The molecular weight excluding hydrogens is 251 g/mol. The van der Waals surface area contributed by atoms with E-state index < -0.39 is 17.9 Å². The second-order valence-electron chi connectivity index (χ2n) is 3.95.